The van der Waals surface area contributed by atoms with Crippen molar-refractivity contribution < 1.29 is 19.4 Å². The summed E-state index contributed by atoms with van der Waals surface area (Å²) in [5.74, 6) is -1.18. The predicted octanol–water partition coefficient (Wildman–Crippen LogP) is -0.0659. The first-order valence-corrected chi connectivity index (χ1v) is 6.34. The molecule has 0 aromatic carbocycles. The molecule has 6 nitrogen and oxygen atoms in total. The van der Waals surface area contributed by atoms with Gasteiger partial charge in [-0.1, -0.05) is 6.92 Å². The summed E-state index contributed by atoms with van der Waals surface area (Å²) in [4.78, 5) is 24.3. The molecule has 0 aromatic heterocycles. The van der Waals surface area contributed by atoms with Crippen LogP contribution < -0.4 is 5.32 Å². The molecule has 1 rings (SSSR count). The van der Waals surface area contributed by atoms with Gasteiger partial charge >= 0.3 is 5.97 Å². The SMILES string of the molecule is CC(NCCC(=O)N1CCOCC1)C(C)C(=O)O. The van der Waals surface area contributed by atoms with E-state index in [-0.39, 0.29) is 11.9 Å². The first kappa shape index (κ1) is 14.9. The summed E-state index contributed by atoms with van der Waals surface area (Å²) in [5.41, 5.74) is 0. The van der Waals surface area contributed by atoms with Crippen molar-refractivity contribution in [2.24, 2.45) is 5.92 Å². The second kappa shape index (κ2) is 7.33. The summed E-state index contributed by atoms with van der Waals surface area (Å²) in [7, 11) is 0. The molecule has 1 amide bonds. The van der Waals surface area contributed by atoms with E-state index in [1.165, 1.54) is 0 Å². The van der Waals surface area contributed by atoms with Crippen molar-refractivity contribution in [1.29, 1.82) is 0 Å². The molecule has 1 aliphatic heterocycles. The van der Waals surface area contributed by atoms with Crippen LogP contribution in [-0.4, -0.2) is 60.8 Å². The van der Waals surface area contributed by atoms with Crippen LogP contribution in [0.1, 0.15) is 20.3 Å². The van der Waals surface area contributed by atoms with E-state index in [0.717, 1.165) is 0 Å². The maximum atomic E-state index is 11.8. The van der Waals surface area contributed by atoms with E-state index >= 15 is 0 Å². The molecule has 104 valence electrons. The highest BCUT2D eigenvalue weighted by atomic mass is 16.5. The minimum atomic E-state index is -0.825. The van der Waals surface area contributed by atoms with E-state index in [1.54, 1.807) is 11.8 Å². The molecule has 1 aliphatic rings. The summed E-state index contributed by atoms with van der Waals surface area (Å²) in [6, 6.07) is -0.139. The van der Waals surface area contributed by atoms with Gasteiger partial charge in [-0.05, 0) is 6.92 Å². The lowest BCUT2D eigenvalue weighted by atomic mass is 10.0. The number of hydrogen-bond acceptors (Lipinski definition) is 4. The number of carboxylic acid groups (broad SMARTS) is 1. The Kier molecular flexibility index (Phi) is 6.07. The van der Waals surface area contributed by atoms with Gasteiger partial charge in [0.1, 0.15) is 0 Å². The van der Waals surface area contributed by atoms with Crippen LogP contribution in [0.3, 0.4) is 0 Å². The molecule has 6 heteroatoms. The van der Waals surface area contributed by atoms with Crippen LogP contribution in [0.25, 0.3) is 0 Å². The van der Waals surface area contributed by atoms with Gasteiger partial charge in [-0.25, -0.2) is 0 Å². The summed E-state index contributed by atoms with van der Waals surface area (Å²) in [6.45, 7) is 6.49. The minimum Gasteiger partial charge on any atom is -0.481 e. The Morgan fingerprint density at radius 1 is 1.33 bits per heavy atom. The number of carbonyl (C=O) groups excluding carboxylic acids is 1. The van der Waals surface area contributed by atoms with Gasteiger partial charge in [0.25, 0.3) is 0 Å². The molecule has 1 heterocycles. The van der Waals surface area contributed by atoms with Crippen molar-refractivity contribution in [1.82, 2.24) is 10.2 Å². The van der Waals surface area contributed by atoms with Crippen molar-refractivity contribution in [2.75, 3.05) is 32.8 Å². The van der Waals surface area contributed by atoms with E-state index in [2.05, 4.69) is 5.32 Å². The standard InChI is InChI=1S/C12H22N2O4/c1-9(12(16)17)10(2)13-4-3-11(15)14-5-7-18-8-6-14/h9-10,13H,3-8H2,1-2H3,(H,16,17). The highest BCUT2D eigenvalue weighted by Crippen LogP contribution is 2.03. The molecule has 0 saturated carbocycles. The van der Waals surface area contributed by atoms with E-state index in [4.69, 9.17) is 9.84 Å². The maximum Gasteiger partial charge on any atom is 0.307 e. The fraction of sp³-hybridized carbons (Fsp3) is 0.833. The van der Waals surface area contributed by atoms with E-state index in [0.29, 0.717) is 39.3 Å². The normalized spacial score (nSPS) is 19.3. The fourth-order valence-corrected chi connectivity index (χ4v) is 1.77. The third-order valence-electron chi connectivity index (χ3n) is 3.31. The largest absolute Gasteiger partial charge is 0.481 e. The number of nitrogens with one attached hydrogen (secondary N) is 1. The zero-order chi connectivity index (χ0) is 13.5. The van der Waals surface area contributed by atoms with Crippen LogP contribution in [0.2, 0.25) is 0 Å². The molecule has 2 N–H and O–H groups in total. The van der Waals surface area contributed by atoms with Crippen molar-refractivity contribution >= 4 is 11.9 Å². The van der Waals surface area contributed by atoms with Gasteiger partial charge in [0.05, 0.1) is 19.1 Å². The second-order valence-electron chi connectivity index (χ2n) is 4.61. The van der Waals surface area contributed by atoms with E-state index in [1.807, 2.05) is 6.92 Å². The quantitative estimate of drug-likeness (QED) is 0.697. The van der Waals surface area contributed by atoms with Gasteiger partial charge in [0.2, 0.25) is 5.91 Å². The zero-order valence-corrected chi connectivity index (χ0v) is 11.0. The zero-order valence-electron chi connectivity index (χ0n) is 11.0. The highest BCUT2D eigenvalue weighted by Gasteiger charge is 2.20. The van der Waals surface area contributed by atoms with Gasteiger partial charge < -0.3 is 20.1 Å². The number of morpholine rings is 1. The Labute approximate surface area is 107 Å². The smallest absolute Gasteiger partial charge is 0.307 e. The Bertz CT molecular complexity index is 290. The molecule has 1 saturated heterocycles. The number of aliphatic carboxylic acids is 1. The number of rotatable bonds is 6. The highest BCUT2D eigenvalue weighted by molar-refractivity contribution is 5.76. The Morgan fingerprint density at radius 2 is 1.94 bits per heavy atom. The average molecular weight is 258 g/mol. The van der Waals surface area contributed by atoms with Gasteiger partial charge in [-0.15, -0.1) is 0 Å². The predicted molar refractivity (Wildman–Crippen MR) is 66.3 cm³/mol. The lowest BCUT2D eigenvalue weighted by Crippen LogP contribution is -2.43. The van der Waals surface area contributed by atoms with E-state index < -0.39 is 11.9 Å². The van der Waals surface area contributed by atoms with Crippen molar-refractivity contribution in [3.8, 4) is 0 Å². The average Bonchev–Trinajstić information content (AvgIpc) is 2.38. The molecule has 1 fully saturated rings. The number of nitrogens with zero attached hydrogens (tertiary/aromatic N) is 1. The number of carbonyl (C=O) groups is 2. The summed E-state index contributed by atoms with van der Waals surface area (Å²) < 4.78 is 5.18. The Hall–Kier alpha value is -1.14. The molecule has 0 aliphatic carbocycles. The van der Waals surface area contributed by atoms with Gasteiger partial charge in [-0.2, -0.15) is 0 Å². The molecular formula is C12H22N2O4. The van der Waals surface area contributed by atoms with Crippen molar-refractivity contribution in [2.45, 2.75) is 26.3 Å². The van der Waals surface area contributed by atoms with Gasteiger partial charge in [0.15, 0.2) is 0 Å². The molecule has 0 spiro atoms. The molecule has 0 aromatic rings. The topological polar surface area (TPSA) is 78.9 Å². The lowest BCUT2D eigenvalue weighted by molar-refractivity contribution is -0.141. The Morgan fingerprint density at radius 3 is 2.50 bits per heavy atom. The fourth-order valence-electron chi connectivity index (χ4n) is 1.77. The number of ether oxygens (including phenoxy) is 1. The Balaban J connectivity index is 2.20. The third kappa shape index (κ3) is 4.62. The lowest BCUT2D eigenvalue weighted by Gasteiger charge is -2.27. The van der Waals surface area contributed by atoms with Gasteiger partial charge in [-0.3, -0.25) is 9.59 Å². The van der Waals surface area contributed by atoms with Crippen LogP contribution in [-0.2, 0) is 14.3 Å². The maximum absolute atomic E-state index is 11.8. The van der Waals surface area contributed by atoms with Crippen molar-refractivity contribution in [3.05, 3.63) is 0 Å². The summed E-state index contributed by atoms with van der Waals surface area (Å²) in [6.07, 6.45) is 0.399. The number of amides is 1. The third-order valence-corrected chi connectivity index (χ3v) is 3.31. The molecule has 0 bridgehead atoms. The molecule has 18 heavy (non-hydrogen) atoms. The second-order valence-corrected chi connectivity index (χ2v) is 4.61. The minimum absolute atomic E-state index is 0.0981. The van der Waals surface area contributed by atoms with Crippen LogP contribution in [0.15, 0.2) is 0 Å². The van der Waals surface area contributed by atoms with Crippen LogP contribution >= 0.6 is 0 Å². The number of hydrogen-bond donors (Lipinski definition) is 2. The molecule has 2 unspecified atom stereocenters. The van der Waals surface area contributed by atoms with Crippen LogP contribution in [0.5, 0.6) is 0 Å². The first-order valence-electron chi connectivity index (χ1n) is 6.34. The summed E-state index contributed by atoms with van der Waals surface area (Å²) >= 11 is 0. The van der Waals surface area contributed by atoms with Crippen molar-refractivity contribution in [3.63, 3.8) is 0 Å². The summed E-state index contributed by atoms with van der Waals surface area (Å²) in [5, 5.41) is 11.9. The van der Waals surface area contributed by atoms with Crippen LogP contribution in [0, 0.1) is 5.92 Å². The van der Waals surface area contributed by atoms with Crippen LogP contribution in [0.4, 0.5) is 0 Å². The molecular weight excluding hydrogens is 236 g/mol. The van der Waals surface area contributed by atoms with E-state index in [9.17, 15) is 9.59 Å². The number of carboxylic acids is 1. The first-order chi connectivity index (χ1) is 8.52. The van der Waals surface area contributed by atoms with Gasteiger partial charge in [0, 0.05) is 32.1 Å². The molecule has 2 atom stereocenters. The monoisotopic (exact) mass is 258 g/mol. The molecule has 0 radical (unpaired) electrons.